The molecule has 0 radical (unpaired) electrons. The second-order valence-electron chi connectivity index (χ2n) is 5.04. The molecule has 0 aliphatic carbocycles. The van der Waals surface area contributed by atoms with Gasteiger partial charge in [0, 0.05) is 6.42 Å². The molecule has 1 atom stereocenters. The van der Waals surface area contributed by atoms with Crippen LogP contribution in [0.3, 0.4) is 0 Å². The second-order valence-corrected chi connectivity index (χ2v) is 5.04. The Labute approximate surface area is 132 Å². The highest BCUT2D eigenvalue weighted by Gasteiger charge is 2.23. The minimum Gasteiger partial charge on any atom is -0.464 e. The largest absolute Gasteiger partial charge is 0.464 e. The summed E-state index contributed by atoms with van der Waals surface area (Å²) in [6, 6.07) is 8.77. The van der Waals surface area contributed by atoms with Gasteiger partial charge in [0.05, 0.1) is 13.2 Å². The topological polar surface area (TPSA) is 64.6 Å². The van der Waals surface area contributed by atoms with Crippen molar-refractivity contribution in [3.63, 3.8) is 0 Å². The number of hydrogen-bond donors (Lipinski definition) is 1. The van der Waals surface area contributed by atoms with E-state index in [1.54, 1.807) is 0 Å². The maximum atomic E-state index is 12.1. The Morgan fingerprint density at radius 1 is 1.05 bits per heavy atom. The fraction of sp³-hybridized carbons (Fsp3) is 0.529. The number of carbonyl (C=O) groups excluding carboxylic acids is 2. The molecule has 0 fully saturated rings. The number of rotatable bonds is 9. The van der Waals surface area contributed by atoms with E-state index >= 15 is 0 Å². The van der Waals surface area contributed by atoms with Gasteiger partial charge in [0.25, 0.3) is 0 Å². The van der Waals surface area contributed by atoms with Crippen LogP contribution in [0.4, 0.5) is 4.79 Å². The van der Waals surface area contributed by atoms with Crippen molar-refractivity contribution in [3.05, 3.63) is 35.9 Å². The molecule has 122 valence electrons. The van der Waals surface area contributed by atoms with Crippen molar-refractivity contribution in [2.75, 3.05) is 13.2 Å². The molecular weight excluding hydrogens is 282 g/mol. The van der Waals surface area contributed by atoms with Gasteiger partial charge in [0.15, 0.2) is 0 Å². The Kier molecular flexibility index (Phi) is 8.72. The Morgan fingerprint density at radius 2 is 1.77 bits per heavy atom. The number of ether oxygens (including phenoxy) is 2. The van der Waals surface area contributed by atoms with E-state index in [0.717, 1.165) is 24.8 Å². The van der Waals surface area contributed by atoms with Gasteiger partial charge in [0.1, 0.15) is 6.04 Å². The van der Waals surface area contributed by atoms with Crippen molar-refractivity contribution in [3.8, 4) is 0 Å². The summed E-state index contributed by atoms with van der Waals surface area (Å²) >= 11 is 0. The molecule has 0 spiro atoms. The molecule has 0 aliphatic heterocycles. The number of nitrogens with one attached hydrogen (secondary N) is 1. The van der Waals surface area contributed by atoms with Gasteiger partial charge in [0.2, 0.25) is 0 Å². The third-order valence-electron chi connectivity index (χ3n) is 3.04. The van der Waals surface area contributed by atoms with Crippen molar-refractivity contribution in [1.29, 1.82) is 0 Å². The molecule has 5 heteroatoms. The third kappa shape index (κ3) is 7.11. The standard InChI is InChI=1S/C17H25NO4/c1-3-5-12-22-17(20)18-15(16(19)21-11-4-2)13-14-9-7-6-8-10-14/h6-10,15H,3-5,11-13H2,1-2H3,(H,18,20)/t15-/m0/s1. The van der Waals surface area contributed by atoms with Gasteiger partial charge in [-0.15, -0.1) is 0 Å². The smallest absolute Gasteiger partial charge is 0.407 e. The molecule has 0 aliphatic rings. The van der Waals surface area contributed by atoms with Gasteiger partial charge in [-0.1, -0.05) is 50.6 Å². The number of benzene rings is 1. The average Bonchev–Trinajstić information content (AvgIpc) is 2.53. The number of hydrogen-bond acceptors (Lipinski definition) is 4. The minimum atomic E-state index is -0.733. The molecule has 0 aromatic heterocycles. The van der Waals surface area contributed by atoms with Gasteiger partial charge in [-0.3, -0.25) is 0 Å². The van der Waals surface area contributed by atoms with E-state index in [-0.39, 0.29) is 0 Å². The Bertz CT molecular complexity index is 447. The van der Waals surface area contributed by atoms with Gasteiger partial charge in [-0.25, -0.2) is 9.59 Å². The summed E-state index contributed by atoms with van der Waals surface area (Å²) in [5.41, 5.74) is 0.954. The molecule has 0 saturated heterocycles. The van der Waals surface area contributed by atoms with Gasteiger partial charge < -0.3 is 14.8 Å². The fourth-order valence-corrected chi connectivity index (χ4v) is 1.84. The lowest BCUT2D eigenvalue weighted by Gasteiger charge is -2.17. The number of alkyl carbamates (subject to hydrolysis) is 1. The van der Waals surface area contributed by atoms with Crippen LogP contribution < -0.4 is 5.32 Å². The zero-order chi connectivity index (χ0) is 16.2. The van der Waals surface area contributed by atoms with Gasteiger partial charge >= 0.3 is 12.1 Å². The zero-order valence-electron chi connectivity index (χ0n) is 13.3. The van der Waals surface area contributed by atoms with E-state index in [9.17, 15) is 9.59 Å². The average molecular weight is 307 g/mol. The highest BCUT2D eigenvalue weighted by atomic mass is 16.6. The molecule has 1 amide bonds. The lowest BCUT2D eigenvalue weighted by molar-refractivity contribution is -0.146. The van der Waals surface area contributed by atoms with E-state index in [4.69, 9.17) is 9.47 Å². The van der Waals surface area contributed by atoms with E-state index in [0.29, 0.717) is 19.6 Å². The van der Waals surface area contributed by atoms with Crippen LogP contribution in [-0.4, -0.2) is 31.3 Å². The summed E-state index contributed by atoms with van der Waals surface area (Å²) in [5.74, 6) is -0.432. The van der Waals surface area contributed by atoms with E-state index in [1.165, 1.54) is 0 Å². The monoisotopic (exact) mass is 307 g/mol. The number of esters is 1. The van der Waals surface area contributed by atoms with Crippen LogP contribution in [0.15, 0.2) is 30.3 Å². The molecule has 0 saturated carbocycles. The van der Waals surface area contributed by atoms with Crippen molar-refractivity contribution in [1.82, 2.24) is 5.32 Å². The van der Waals surface area contributed by atoms with Crippen molar-refractivity contribution in [2.24, 2.45) is 0 Å². The van der Waals surface area contributed by atoms with Crippen LogP contribution >= 0.6 is 0 Å². The maximum absolute atomic E-state index is 12.1. The summed E-state index contributed by atoms with van der Waals surface area (Å²) in [4.78, 5) is 23.8. The Hall–Kier alpha value is -2.04. The second kappa shape index (κ2) is 10.7. The molecule has 1 aromatic rings. The first-order valence-electron chi connectivity index (χ1n) is 7.81. The van der Waals surface area contributed by atoms with E-state index < -0.39 is 18.1 Å². The van der Waals surface area contributed by atoms with Crippen LogP contribution in [0, 0.1) is 0 Å². The summed E-state index contributed by atoms with van der Waals surface area (Å²) in [5, 5.41) is 2.60. The summed E-state index contributed by atoms with van der Waals surface area (Å²) < 4.78 is 10.2. The summed E-state index contributed by atoms with van der Waals surface area (Å²) in [7, 11) is 0. The molecular formula is C17H25NO4. The number of unbranched alkanes of at least 4 members (excludes halogenated alkanes) is 1. The zero-order valence-corrected chi connectivity index (χ0v) is 13.3. The molecule has 1 N–H and O–H groups in total. The predicted molar refractivity (Wildman–Crippen MR) is 84.6 cm³/mol. The highest BCUT2D eigenvalue weighted by Crippen LogP contribution is 2.05. The number of amides is 1. The van der Waals surface area contributed by atoms with Crippen LogP contribution in [0.25, 0.3) is 0 Å². The summed E-state index contributed by atoms with van der Waals surface area (Å²) in [6.45, 7) is 4.63. The minimum absolute atomic E-state index is 0.344. The van der Waals surface area contributed by atoms with Crippen molar-refractivity contribution < 1.29 is 19.1 Å². The summed E-state index contributed by atoms with van der Waals surface area (Å²) in [6.07, 6.45) is 2.29. The normalized spacial score (nSPS) is 11.5. The van der Waals surface area contributed by atoms with Crippen LogP contribution in [-0.2, 0) is 20.7 Å². The van der Waals surface area contributed by atoms with Crippen LogP contribution in [0.5, 0.6) is 0 Å². The Balaban J connectivity index is 2.61. The fourth-order valence-electron chi connectivity index (χ4n) is 1.84. The lowest BCUT2D eigenvalue weighted by Crippen LogP contribution is -2.43. The van der Waals surface area contributed by atoms with Crippen molar-refractivity contribution >= 4 is 12.1 Å². The Morgan fingerprint density at radius 3 is 2.41 bits per heavy atom. The van der Waals surface area contributed by atoms with Gasteiger partial charge in [-0.05, 0) is 18.4 Å². The molecule has 22 heavy (non-hydrogen) atoms. The van der Waals surface area contributed by atoms with E-state index in [1.807, 2.05) is 44.2 Å². The molecule has 0 bridgehead atoms. The van der Waals surface area contributed by atoms with Crippen molar-refractivity contribution in [2.45, 2.75) is 45.6 Å². The first kappa shape index (κ1) is 18.0. The third-order valence-corrected chi connectivity index (χ3v) is 3.04. The van der Waals surface area contributed by atoms with Crippen LogP contribution in [0.2, 0.25) is 0 Å². The predicted octanol–water partition coefficient (Wildman–Crippen LogP) is 3.08. The van der Waals surface area contributed by atoms with E-state index in [2.05, 4.69) is 5.32 Å². The maximum Gasteiger partial charge on any atom is 0.407 e. The SMILES string of the molecule is CCCCOC(=O)N[C@@H](Cc1ccccc1)C(=O)OCCC. The molecule has 1 rings (SSSR count). The molecule has 1 aromatic carbocycles. The molecule has 5 nitrogen and oxygen atoms in total. The molecule has 0 heterocycles. The first-order chi connectivity index (χ1) is 10.7. The first-order valence-corrected chi connectivity index (χ1v) is 7.81. The highest BCUT2D eigenvalue weighted by molar-refractivity contribution is 5.81. The number of carbonyl (C=O) groups is 2. The lowest BCUT2D eigenvalue weighted by atomic mass is 10.1. The van der Waals surface area contributed by atoms with Gasteiger partial charge in [-0.2, -0.15) is 0 Å². The molecule has 0 unspecified atom stereocenters. The quantitative estimate of drug-likeness (QED) is 0.562. The van der Waals surface area contributed by atoms with Crippen LogP contribution in [0.1, 0.15) is 38.7 Å².